The Kier molecular flexibility index (Phi) is 5.25. The molecule has 1 aromatic rings. The number of amides is 1. The van der Waals surface area contributed by atoms with Crippen molar-refractivity contribution in [3.63, 3.8) is 0 Å². The van der Waals surface area contributed by atoms with Crippen LogP contribution in [0, 0.1) is 0 Å². The van der Waals surface area contributed by atoms with Crippen molar-refractivity contribution in [3.8, 4) is 0 Å². The third-order valence-electron chi connectivity index (χ3n) is 2.45. The maximum atomic E-state index is 11.7. The van der Waals surface area contributed by atoms with Gasteiger partial charge in [0.25, 0.3) is 5.91 Å². The monoisotopic (exact) mass is 275 g/mol. The molecule has 94 valence electrons. The Labute approximate surface area is 111 Å². The van der Waals surface area contributed by atoms with Crippen molar-refractivity contribution in [2.45, 2.75) is 32.4 Å². The quantitative estimate of drug-likeness (QED) is 0.888. The van der Waals surface area contributed by atoms with Crippen LogP contribution < -0.4 is 5.32 Å². The van der Waals surface area contributed by atoms with Crippen molar-refractivity contribution in [2.24, 2.45) is 0 Å². The van der Waals surface area contributed by atoms with E-state index >= 15 is 0 Å². The molecule has 2 atom stereocenters. The normalized spacial score (nSPS) is 14.2. The zero-order chi connectivity index (χ0) is 13.0. The lowest BCUT2D eigenvalue weighted by molar-refractivity contribution is -0.130. The zero-order valence-corrected chi connectivity index (χ0v) is 11.2. The second kappa shape index (κ2) is 6.24. The van der Waals surface area contributed by atoms with Crippen molar-refractivity contribution in [1.82, 2.24) is 5.32 Å². The highest BCUT2D eigenvalue weighted by molar-refractivity contribution is 6.34. The minimum Gasteiger partial charge on any atom is -0.378 e. The molecule has 17 heavy (non-hydrogen) atoms. The molecule has 0 saturated heterocycles. The predicted molar refractivity (Wildman–Crippen MR) is 69.3 cm³/mol. The lowest BCUT2D eigenvalue weighted by Crippen LogP contribution is -2.35. The highest BCUT2D eigenvalue weighted by Gasteiger charge is 2.19. The summed E-state index contributed by atoms with van der Waals surface area (Å²) >= 11 is 11.6. The molecule has 0 aliphatic rings. The Morgan fingerprint density at radius 3 is 2.35 bits per heavy atom. The van der Waals surface area contributed by atoms with Crippen LogP contribution >= 0.6 is 23.2 Å². The van der Waals surface area contributed by atoms with Gasteiger partial charge in [-0.15, -0.1) is 0 Å². The molecule has 0 aliphatic carbocycles. The topological polar surface area (TPSA) is 49.3 Å². The first-order chi connectivity index (χ1) is 7.93. The number of halogens is 2. The number of aliphatic hydroxyl groups is 1. The number of carbonyl (C=O) groups is 1. The first-order valence-electron chi connectivity index (χ1n) is 5.38. The van der Waals surface area contributed by atoms with Gasteiger partial charge >= 0.3 is 0 Å². The van der Waals surface area contributed by atoms with Gasteiger partial charge in [0.15, 0.2) is 6.10 Å². The van der Waals surface area contributed by atoms with Gasteiger partial charge in [-0.25, -0.2) is 0 Å². The van der Waals surface area contributed by atoms with Crippen LogP contribution in [0.5, 0.6) is 0 Å². The number of aliphatic hydroxyl groups excluding tert-OH is 1. The van der Waals surface area contributed by atoms with Crippen molar-refractivity contribution in [1.29, 1.82) is 0 Å². The van der Waals surface area contributed by atoms with Crippen LogP contribution in [0.15, 0.2) is 18.2 Å². The van der Waals surface area contributed by atoms with E-state index in [1.165, 1.54) is 12.1 Å². The van der Waals surface area contributed by atoms with Crippen molar-refractivity contribution in [3.05, 3.63) is 33.8 Å². The number of hydrogen-bond acceptors (Lipinski definition) is 2. The van der Waals surface area contributed by atoms with E-state index in [-0.39, 0.29) is 6.04 Å². The summed E-state index contributed by atoms with van der Waals surface area (Å²) < 4.78 is 0. The molecule has 0 spiro atoms. The SMILES string of the molecule is CCC(C)NC(=O)C(O)c1cc(Cl)cc(Cl)c1. The Morgan fingerprint density at radius 1 is 1.35 bits per heavy atom. The second-order valence-corrected chi connectivity index (χ2v) is 4.80. The molecule has 2 N–H and O–H groups in total. The maximum Gasteiger partial charge on any atom is 0.253 e. The smallest absolute Gasteiger partial charge is 0.253 e. The van der Waals surface area contributed by atoms with Gasteiger partial charge in [-0.1, -0.05) is 30.1 Å². The highest BCUT2D eigenvalue weighted by Crippen LogP contribution is 2.23. The molecule has 3 nitrogen and oxygen atoms in total. The first-order valence-corrected chi connectivity index (χ1v) is 6.14. The van der Waals surface area contributed by atoms with E-state index in [0.717, 1.165) is 6.42 Å². The fraction of sp³-hybridized carbons (Fsp3) is 0.417. The number of carbonyl (C=O) groups excluding carboxylic acids is 1. The summed E-state index contributed by atoms with van der Waals surface area (Å²) in [5.74, 6) is -0.447. The van der Waals surface area contributed by atoms with Gasteiger partial charge in [0, 0.05) is 16.1 Å². The average Bonchev–Trinajstić information content (AvgIpc) is 2.26. The lowest BCUT2D eigenvalue weighted by Gasteiger charge is -2.16. The average molecular weight is 276 g/mol. The Bertz CT molecular complexity index is 389. The van der Waals surface area contributed by atoms with Gasteiger partial charge in [-0.3, -0.25) is 4.79 Å². The molecule has 0 saturated carbocycles. The molecule has 1 amide bonds. The molecule has 0 aromatic heterocycles. The molecule has 5 heteroatoms. The Balaban J connectivity index is 2.81. The number of nitrogens with one attached hydrogen (secondary N) is 1. The Hall–Kier alpha value is -0.770. The fourth-order valence-corrected chi connectivity index (χ4v) is 1.85. The van der Waals surface area contributed by atoms with Gasteiger partial charge in [0.05, 0.1) is 0 Å². The molecule has 2 unspecified atom stereocenters. The zero-order valence-electron chi connectivity index (χ0n) is 9.71. The van der Waals surface area contributed by atoms with E-state index in [1.54, 1.807) is 6.07 Å². The van der Waals surface area contributed by atoms with Crippen LogP contribution in [0.3, 0.4) is 0 Å². The highest BCUT2D eigenvalue weighted by atomic mass is 35.5. The van der Waals surface area contributed by atoms with Crippen LogP contribution in [0.2, 0.25) is 10.0 Å². The van der Waals surface area contributed by atoms with Crippen LogP contribution in [0.25, 0.3) is 0 Å². The van der Waals surface area contributed by atoms with Gasteiger partial charge in [0.1, 0.15) is 0 Å². The second-order valence-electron chi connectivity index (χ2n) is 3.92. The van der Waals surface area contributed by atoms with Crippen LogP contribution in [0.1, 0.15) is 31.9 Å². The summed E-state index contributed by atoms with van der Waals surface area (Å²) in [6, 6.07) is 4.61. The third-order valence-corrected chi connectivity index (χ3v) is 2.89. The van der Waals surface area contributed by atoms with Gasteiger partial charge < -0.3 is 10.4 Å². The van der Waals surface area contributed by atoms with Crippen molar-refractivity contribution < 1.29 is 9.90 Å². The minimum atomic E-state index is -1.25. The van der Waals surface area contributed by atoms with Crippen LogP contribution in [-0.2, 0) is 4.79 Å². The van der Waals surface area contributed by atoms with E-state index in [4.69, 9.17) is 23.2 Å². The van der Waals surface area contributed by atoms with Gasteiger partial charge in [0.2, 0.25) is 0 Å². The number of benzene rings is 1. The Morgan fingerprint density at radius 2 is 1.88 bits per heavy atom. The van der Waals surface area contributed by atoms with Gasteiger partial charge in [-0.2, -0.15) is 0 Å². The van der Waals surface area contributed by atoms with E-state index in [0.29, 0.717) is 15.6 Å². The summed E-state index contributed by atoms with van der Waals surface area (Å²) in [7, 11) is 0. The summed E-state index contributed by atoms with van der Waals surface area (Å²) in [4.78, 5) is 11.7. The van der Waals surface area contributed by atoms with Crippen LogP contribution in [-0.4, -0.2) is 17.1 Å². The summed E-state index contributed by atoms with van der Waals surface area (Å²) in [5.41, 5.74) is 0.392. The lowest BCUT2D eigenvalue weighted by atomic mass is 10.1. The van der Waals surface area contributed by atoms with E-state index in [1.807, 2.05) is 13.8 Å². The summed E-state index contributed by atoms with van der Waals surface area (Å²) in [6.07, 6.45) is -0.449. The summed E-state index contributed by atoms with van der Waals surface area (Å²) in [6.45, 7) is 3.82. The molecular weight excluding hydrogens is 261 g/mol. The van der Waals surface area contributed by atoms with E-state index < -0.39 is 12.0 Å². The molecule has 1 rings (SSSR count). The van der Waals surface area contributed by atoms with Crippen LogP contribution in [0.4, 0.5) is 0 Å². The van der Waals surface area contributed by atoms with Gasteiger partial charge in [-0.05, 0) is 37.1 Å². The third kappa shape index (κ3) is 4.19. The molecule has 0 radical (unpaired) electrons. The molecule has 0 heterocycles. The maximum absolute atomic E-state index is 11.7. The molecule has 0 aliphatic heterocycles. The minimum absolute atomic E-state index is 0.0202. The number of hydrogen-bond donors (Lipinski definition) is 2. The molecule has 1 aromatic carbocycles. The number of rotatable bonds is 4. The van der Waals surface area contributed by atoms with E-state index in [9.17, 15) is 9.90 Å². The fourth-order valence-electron chi connectivity index (χ4n) is 1.31. The van der Waals surface area contributed by atoms with Crippen molar-refractivity contribution >= 4 is 29.1 Å². The predicted octanol–water partition coefficient (Wildman–Crippen LogP) is 2.94. The van der Waals surface area contributed by atoms with E-state index in [2.05, 4.69) is 5.32 Å². The summed E-state index contributed by atoms with van der Waals surface area (Å²) in [5, 5.41) is 13.3. The molecule has 0 fully saturated rings. The standard InChI is InChI=1S/C12H15Cl2NO2/c1-3-7(2)15-12(17)11(16)8-4-9(13)6-10(14)5-8/h4-7,11,16H,3H2,1-2H3,(H,15,17). The molecule has 0 bridgehead atoms. The van der Waals surface area contributed by atoms with Crippen molar-refractivity contribution in [2.75, 3.05) is 0 Å². The largest absolute Gasteiger partial charge is 0.378 e. The first kappa shape index (κ1) is 14.3. The molecular formula is C12H15Cl2NO2.